The van der Waals surface area contributed by atoms with Crippen LogP contribution in [-0.2, 0) is 16.1 Å². The topological polar surface area (TPSA) is 67.7 Å². The largest absolute Gasteiger partial charge is 0.444 e. The van der Waals surface area contributed by atoms with E-state index in [0.29, 0.717) is 32.0 Å². The standard InChI is InChI=1S/C22H30N4O3/c1-22(2,3)29-21(28)26-13-8-16-14-24(11-9-18(16)26)20(27)10-12-25-15-23-17-6-4-5-7-19(17)25/h4-7,15-16,18H,8-14H2,1-3H3/t16-,18-/m1/s1. The molecule has 7 nitrogen and oxygen atoms in total. The van der Waals surface area contributed by atoms with Crippen LogP contribution in [0.5, 0.6) is 0 Å². The summed E-state index contributed by atoms with van der Waals surface area (Å²) in [4.78, 5) is 33.5. The first-order valence-electron chi connectivity index (χ1n) is 10.5. The average molecular weight is 399 g/mol. The van der Waals surface area contributed by atoms with Crippen molar-refractivity contribution in [2.45, 2.75) is 58.2 Å². The molecule has 0 radical (unpaired) electrons. The number of carbonyl (C=O) groups excluding carboxylic acids is 2. The van der Waals surface area contributed by atoms with Gasteiger partial charge in [-0.05, 0) is 51.7 Å². The fraction of sp³-hybridized carbons (Fsp3) is 0.591. The van der Waals surface area contributed by atoms with Crippen molar-refractivity contribution in [3.8, 4) is 0 Å². The summed E-state index contributed by atoms with van der Waals surface area (Å²) in [5, 5.41) is 0. The number of piperidine rings is 1. The highest BCUT2D eigenvalue weighted by Crippen LogP contribution is 2.32. The van der Waals surface area contributed by atoms with Crippen LogP contribution in [0.15, 0.2) is 30.6 Å². The van der Waals surface area contributed by atoms with Crippen molar-refractivity contribution in [1.82, 2.24) is 19.4 Å². The van der Waals surface area contributed by atoms with Crippen LogP contribution in [0.25, 0.3) is 11.0 Å². The first-order valence-corrected chi connectivity index (χ1v) is 10.5. The molecule has 0 bridgehead atoms. The second kappa shape index (κ2) is 7.69. The zero-order valence-corrected chi connectivity index (χ0v) is 17.5. The molecule has 2 saturated heterocycles. The molecule has 29 heavy (non-hydrogen) atoms. The Bertz CT molecular complexity index is 901. The van der Waals surface area contributed by atoms with E-state index in [0.717, 1.165) is 30.4 Å². The quantitative estimate of drug-likeness (QED) is 0.796. The third-order valence-electron chi connectivity index (χ3n) is 5.91. The second-order valence-corrected chi connectivity index (χ2v) is 9.09. The third-order valence-corrected chi connectivity index (χ3v) is 5.91. The Morgan fingerprint density at radius 1 is 1.17 bits per heavy atom. The number of benzene rings is 1. The number of likely N-dealkylation sites (tertiary alicyclic amines) is 2. The smallest absolute Gasteiger partial charge is 0.410 e. The molecule has 2 aliphatic rings. The molecule has 0 saturated carbocycles. The van der Waals surface area contributed by atoms with Gasteiger partial charge < -0.3 is 19.1 Å². The van der Waals surface area contributed by atoms with Crippen molar-refractivity contribution in [2.24, 2.45) is 5.92 Å². The molecule has 156 valence electrons. The van der Waals surface area contributed by atoms with Gasteiger partial charge in [0.2, 0.25) is 5.91 Å². The minimum absolute atomic E-state index is 0.178. The maximum Gasteiger partial charge on any atom is 0.410 e. The van der Waals surface area contributed by atoms with Gasteiger partial charge in [0.1, 0.15) is 5.60 Å². The molecular formula is C22H30N4O3. The Balaban J connectivity index is 1.32. The minimum atomic E-state index is -0.483. The molecular weight excluding hydrogens is 368 g/mol. The van der Waals surface area contributed by atoms with Gasteiger partial charge in [-0.3, -0.25) is 4.79 Å². The highest BCUT2D eigenvalue weighted by atomic mass is 16.6. The molecule has 4 rings (SSSR count). The second-order valence-electron chi connectivity index (χ2n) is 9.09. The van der Waals surface area contributed by atoms with Gasteiger partial charge in [0, 0.05) is 38.6 Å². The molecule has 2 aromatic rings. The molecule has 0 unspecified atom stereocenters. The highest BCUT2D eigenvalue weighted by Gasteiger charge is 2.42. The van der Waals surface area contributed by atoms with E-state index in [-0.39, 0.29) is 18.0 Å². The van der Waals surface area contributed by atoms with Crippen molar-refractivity contribution in [3.63, 3.8) is 0 Å². The van der Waals surface area contributed by atoms with Crippen LogP contribution in [0.4, 0.5) is 4.79 Å². The number of imidazole rings is 1. The van der Waals surface area contributed by atoms with Crippen LogP contribution >= 0.6 is 0 Å². The number of aromatic nitrogens is 2. The lowest BCUT2D eigenvalue weighted by molar-refractivity contribution is -0.133. The first kappa shape index (κ1) is 19.7. The molecule has 0 spiro atoms. The lowest BCUT2D eigenvalue weighted by atomic mass is 9.92. The van der Waals surface area contributed by atoms with Gasteiger partial charge >= 0.3 is 6.09 Å². The molecule has 2 amide bonds. The lowest BCUT2D eigenvalue weighted by Gasteiger charge is -2.38. The summed E-state index contributed by atoms with van der Waals surface area (Å²) in [6.45, 7) is 8.45. The van der Waals surface area contributed by atoms with E-state index in [2.05, 4.69) is 4.98 Å². The van der Waals surface area contributed by atoms with Gasteiger partial charge in [-0.15, -0.1) is 0 Å². The molecule has 2 aliphatic heterocycles. The first-order chi connectivity index (χ1) is 13.8. The summed E-state index contributed by atoms with van der Waals surface area (Å²) >= 11 is 0. The summed E-state index contributed by atoms with van der Waals surface area (Å²) < 4.78 is 7.60. The summed E-state index contributed by atoms with van der Waals surface area (Å²) in [7, 11) is 0. The van der Waals surface area contributed by atoms with Gasteiger partial charge in [0.05, 0.1) is 17.4 Å². The van der Waals surface area contributed by atoms with Gasteiger partial charge in [-0.2, -0.15) is 0 Å². The van der Waals surface area contributed by atoms with Gasteiger partial charge in [-0.25, -0.2) is 9.78 Å². The fourth-order valence-corrected chi connectivity index (χ4v) is 4.52. The molecule has 3 heterocycles. The molecule has 2 fully saturated rings. The third kappa shape index (κ3) is 4.23. The van der Waals surface area contributed by atoms with Gasteiger partial charge in [0.25, 0.3) is 0 Å². The number of rotatable bonds is 3. The number of nitrogens with zero attached hydrogens (tertiary/aromatic N) is 4. The Kier molecular flexibility index (Phi) is 5.23. The van der Waals surface area contributed by atoms with Gasteiger partial charge in [-0.1, -0.05) is 12.1 Å². The predicted octanol–water partition coefficient (Wildman–Crippen LogP) is 3.28. The van der Waals surface area contributed by atoms with E-state index in [1.54, 1.807) is 6.33 Å². The van der Waals surface area contributed by atoms with E-state index in [4.69, 9.17) is 4.74 Å². The molecule has 1 aromatic heterocycles. The Labute approximate surface area is 171 Å². The van der Waals surface area contributed by atoms with Crippen LogP contribution in [0.3, 0.4) is 0 Å². The molecule has 0 aliphatic carbocycles. The zero-order chi connectivity index (χ0) is 20.6. The monoisotopic (exact) mass is 398 g/mol. The number of ether oxygens (including phenoxy) is 1. The number of hydrogen-bond acceptors (Lipinski definition) is 4. The zero-order valence-electron chi connectivity index (χ0n) is 17.5. The van der Waals surface area contributed by atoms with Crippen molar-refractivity contribution in [3.05, 3.63) is 30.6 Å². The number of amides is 2. The van der Waals surface area contributed by atoms with Crippen molar-refractivity contribution in [1.29, 1.82) is 0 Å². The predicted molar refractivity (Wildman–Crippen MR) is 110 cm³/mol. The van der Waals surface area contributed by atoms with Crippen molar-refractivity contribution in [2.75, 3.05) is 19.6 Å². The van der Waals surface area contributed by atoms with Crippen LogP contribution in [0, 0.1) is 5.92 Å². The van der Waals surface area contributed by atoms with Crippen LogP contribution < -0.4 is 0 Å². The average Bonchev–Trinajstić information content (AvgIpc) is 3.28. The minimum Gasteiger partial charge on any atom is -0.444 e. The molecule has 7 heteroatoms. The van der Waals surface area contributed by atoms with E-state index in [1.807, 2.05) is 59.4 Å². The summed E-state index contributed by atoms with van der Waals surface area (Å²) in [5.41, 5.74) is 1.53. The highest BCUT2D eigenvalue weighted by molar-refractivity contribution is 5.78. The fourth-order valence-electron chi connectivity index (χ4n) is 4.52. The number of aryl methyl sites for hydroxylation is 1. The molecule has 1 aromatic carbocycles. The van der Waals surface area contributed by atoms with E-state index >= 15 is 0 Å². The van der Waals surface area contributed by atoms with E-state index in [9.17, 15) is 9.59 Å². The number of fused-ring (bicyclic) bond motifs is 2. The SMILES string of the molecule is CC(C)(C)OC(=O)N1CC[C@@H]2CN(C(=O)CCn3cnc4ccccc43)CC[C@H]21. The number of hydrogen-bond donors (Lipinski definition) is 0. The van der Waals surface area contributed by atoms with Crippen LogP contribution in [0.1, 0.15) is 40.0 Å². The van der Waals surface area contributed by atoms with Crippen molar-refractivity contribution >= 4 is 23.0 Å². The van der Waals surface area contributed by atoms with Crippen molar-refractivity contribution < 1.29 is 14.3 Å². The summed E-state index contributed by atoms with van der Waals surface area (Å²) in [6, 6.07) is 8.16. The summed E-state index contributed by atoms with van der Waals surface area (Å²) in [5.74, 6) is 0.520. The maximum absolute atomic E-state index is 12.8. The Morgan fingerprint density at radius 2 is 1.97 bits per heavy atom. The van der Waals surface area contributed by atoms with Crippen LogP contribution in [-0.4, -0.2) is 62.6 Å². The Morgan fingerprint density at radius 3 is 2.76 bits per heavy atom. The summed E-state index contributed by atoms with van der Waals surface area (Å²) in [6.07, 6.45) is 3.80. The number of para-hydroxylation sites is 2. The normalized spacial score (nSPS) is 22.0. The maximum atomic E-state index is 12.8. The number of carbonyl (C=O) groups is 2. The Hall–Kier alpha value is -2.57. The molecule has 2 atom stereocenters. The van der Waals surface area contributed by atoms with Crippen LogP contribution in [0.2, 0.25) is 0 Å². The van der Waals surface area contributed by atoms with E-state index in [1.165, 1.54) is 0 Å². The molecule has 0 N–H and O–H groups in total. The van der Waals surface area contributed by atoms with E-state index < -0.39 is 5.60 Å². The lowest BCUT2D eigenvalue weighted by Crippen LogP contribution is -2.50. The van der Waals surface area contributed by atoms with Gasteiger partial charge in [0.15, 0.2) is 0 Å².